The van der Waals surface area contributed by atoms with Gasteiger partial charge in [0.2, 0.25) is 0 Å². The summed E-state index contributed by atoms with van der Waals surface area (Å²) >= 11 is 1.39. The average Bonchev–Trinajstić information content (AvgIpc) is 3.82. The van der Waals surface area contributed by atoms with Crippen LogP contribution in [0.4, 0.5) is 13.6 Å². The largest absolute Gasteiger partial charge is 0.489 e. The summed E-state index contributed by atoms with van der Waals surface area (Å²) in [6.45, 7) is 4.71. The topological polar surface area (TPSA) is 138 Å². The Bertz CT molecular complexity index is 2750. The third-order valence-electron chi connectivity index (χ3n) is 9.94. The van der Waals surface area contributed by atoms with Crippen LogP contribution in [0, 0.1) is 11.6 Å². The lowest BCUT2D eigenvalue weighted by molar-refractivity contribution is 0.0735. The Labute approximate surface area is 337 Å². The van der Waals surface area contributed by atoms with E-state index in [1.807, 2.05) is 48.8 Å². The molecule has 0 spiro atoms. The first kappa shape index (κ1) is 39.1. The molecule has 8 rings (SSSR count). The molecule has 2 aliphatic heterocycles. The number of rotatable bonds is 4. The van der Waals surface area contributed by atoms with Gasteiger partial charge in [-0.15, -0.1) is 11.3 Å². The molecule has 0 unspecified atom stereocenters. The van der Waals surface area contributed by atoms with Crippen molar-refractivity contribution in [1.29, 1.82) is 0 Å². The summed E-state index contributed by atoms with van der Waals surface area (Å²) < 4.78 is 75.8. The number of sulfone groups is 1. The van der Waals surface area contributed by atoms with Crippen LogP contribution >= 0.6 is 11.3 Å². The summed E-state index contributed by atoms with van der Waals surface area (Å²) in [5, 5.41) is 11.8. The minimum Gasteiger partial charge on any atom is -0.489 e. The number of aromatic nitrogens is 4. The van der Waals surface area contributed by atoms with Gasteiger partial charge in [-0.1, -0.05) is 12.2 Å². The summed E-state index contributed by atoms with van der Waals surface area (Å²) in [6, 6.07) is 8.83. The van der Waals surface area contributed by atoms with Gasteiger partial charge in [-0.05, 0) is 49.1 Å². The van der Waals surface area contributed by atoms with Gasteiger partial charge in [-0.3, -0.25) is 9.67 Å². The van der Waals surface area contributed by atoms with Gasteiger partial charge >= 0.3 is 6.03 Å². The molecule has 6 aromatic rings. The van der Waals surface area contributed by atoms with Gasteiger partial charge in [0.05, 0.1) is 41.9 Å². The van der Waals surface area contributed by atoms with Crippen LogP contribution in [0.15, 0.2) is 77.8 Å². The first-order valence-electron chi connectivity index (χ1n) is 18.6. The molecule has 0 fully saturated rings. The number of amides is 2. The summed E-state index contributed by atoms with van der Waals surface area (Å²) in [7, 11) is -1.51. The number of urea groups is 1. The van der Waals surface area contributed by atoms with Gasteiger partial charge in [0, 0.05) is 107 Å². The van der Waals surface area contributed by atoms with Crippen molar-refractivity contribution in [2.45, 2.75) is 39.0 Å². The van der Waals surface area contributed by atoms with Crippen molar-refractivity contribution in [2.24, 2.45) is 7.05 Å². The summed E-state index contributed by atoms with van der Waals surface area (Å²) in [6.07, 6.45) is 9.56. The maximum absolute atomic E-state index is 16.5. The average molecular weight is 827 g/mol. The van der Waals surface area contributed by atoms with Crippen LogP contribution in [0.3, 0.4) is 0 Å². The second-order valence-electron chi connectivity index (χ2n) is 14.4. The number of nitrogens with one attached hydrogen (secondary N) is 1. The third kappa shape index (κ3) is 8.04. The smallest absolute Gasteiger partial charge is 0.318 e. The summed E-state index contributed by atoms with van der Waals surface area (Å²) in [5.41, 5.74) is 4.98. The van der Waals surface area contributed by atoms with Crippen molar-refractivity contribution in [1.82, 2.24) is 30.0 Å². The van der Waals surface area contributed by atoms with Gasteiger partial charge in [-0.2, -0.15) is 5.10 Å². The van der Waals surface area contributed by atoms with Crippen LogP contribution in [0.5, 0.6) is 11.5 Å². The quantitative estimate of drug-likeness (QED) is 0.178. The number of ether oxygens (including phenoxy) is 3. The number of nitrogens with zero attached hydrogens (tertiary/aromatic N) is 5. The predicted molar refractivity (Wildman–Crippen MR) is 220 cm³/mol. The molecule has 2 aliphatic rings. The fourth-order valence-corrected chi connectivity index (χ4v) is 8.66. The first-order valence-corrected chi connectivity index (χ1v) is 21.5. The fraction of sp³-hybridized carbons (Fsp3) is 0.286. The van der Waals surface area contributed by atoms with Crippen LogP contribution in [-0.4, -0.2) is 83.9 Å². The minimum absolute atomic E-state index is 0.00688. The van der Waals surface area contributed by atoms with E-state index in [-0.39, 0.29) is 43.7 Å². The molecule has 6 heterocycles. The lowest BCUT2D eigenvalue weighted by Crippen LogP contribution is -2.45. The van der Waals surface area contributed by atoms with Crippen molar-refractivity contribution in [3.8, 4) is 45.1 Å². The van der Waals surface area contributed by atoms with Crippen molar-refractivity contribution in [2.75, 3.05) is 32.6 Å². The Hall–Kier alpha value is -5.71. The Morgan fingerprint density at radius 1 is 1.07 bits per heavy atom. The lowest BCUT2D eigenvalue weighted by atomic mass is 9.93. The molecule has 16 heteroatoms. The number of benzene rings is 2. The Balaban J connectivity index is 1.33. The molecule has 58 heavy (non-hydrogen) atoms. The molecule has 4 aromatic heterocycles. The van der Waals surface area contributed by atoms with E-state index in [4.69, 9.17) is 24.2 Å². The van der Waals surface area contributed by atoms with Crippen LogP contribution in [0.1, 0.15) is 25.1 Å². The molecular formula is C42H40F2N6O6S2. The first-order chi connectivity index (χ1) is 27.8. The Morgan fingerprint density at radius 3 is 2.72 bits per heavy atom. The molecule has 1 N–H and O–H groups in total. The number of carbonyl (C=O) groups excluding carboxylic acids is 1. The highest BCUT2D eigenvalue weighted by molar-refractivity contribution is 7.93. The lowest BCUT2D eigenvalue weighted by Gasteiger charge is -2.29. The van der Waals surface area contributed by atoms with Gasteiger partial charge in [0.1, 0.15) is 35.8 Å². The molecular weight excluding hydrogens is 787 g/mol. The number of pyridine rings is 2. The maximum Gasteiger partial charge on any atom is 0.318 e. The van der Waals surface area contributed by atoms with Crippen LogP contribution in [0.25, 0.3) is 54.6 Å². The van der Waals surface area contributed by atoms with E-state index in [1.54, 1.807) is 35.8 Å². The minimum atomic E-state index is -3.36. The zero-order chi connectivity index (χ0) is 40.7. The summed E-state index contributed by atoms with van der Waals surface area (Å²) in [5.74, 6) is -1.08. The number of thiophene rings is 1. The molecule has 2 atom stereocenters. The fourth-order valence-electron chi connectivity index (χ4n) is 7.19. The van der Waals surface area contributed by atoms with Crippen molar-refractivity contribution < 1.29 is 36.2 Å². The summed E-state index contributed by atoms with van der Waals surface area (Å²) in [4.78, 5) is 25.2. The van der Waals surface area contributed by atoms with Gasteiger partial charge in [0.15, 0.2) is 9.84 Å². The highest BCUT2D eigenvalue weighted by Gasteiger charge is 2.29. The number of hydrogen-bond donors (Lipinski definition) is 1. The molecule has 2 bridgehead atoms. The second-order valence-corrected chi connectivity index (χ2v) is 17.3. The molecule has 0 aliphatic carbocycles. The van der Waals surface area contributed by atoms with E-state index in [9.17, 15) is 13.2 Å². The van der Waals surface area contributed by atoms with Crippen LogP contribution in [0.2, 0.25) is 0 Å². The zero-order valence-corrected chi connectivity index (χ0v) is 33.8. The van der Waals surface area contributed by atoms with E-state index >= 15 is 8.78 Å². The van der Waals surface area contributed by atoms with E-state index in [0.717, 1.165) is 45.3 Å². The monoisotopic (exact) mass is 826 g/mol. The van der Waals surface area contributed by atoms with Gasteiger partial charge < -0.3 is 24.4 Å². The Kier molecular flexibility index (Phi) is 10.7. The second kappa shape index (κ2) is 15.9. The number of fused-ring (bicyclic) bond motifs is 6. The molecule has 0 saturated carbocycles. The maximum atomic E-state index is 16.5. The molecule has 2 aromatic carbocycles. The molecule has 0 saturated heterocycles. The molecule has 300 valence electrons. The SMILES string of the molecule is C[C@H](/C=C\S(C)(=O)=O)NC(=O)N1CCc2ncc(-c3nc4c5ccsc5c3-c3c(F)cc(F)cc3O[C@@H](C)COC/C=C/COc3cc5c(cnn5C)cc3-4)cc2C1. The Morgan fingerprint density at radius 2 is 1.90 bits per heavy atom. The van der Waals surface area contributed by atoms with E-state index in [1.165, 1.54) is 23.5 Å². The van der Waals surface area contributed by atoms with E-state index in [0.29, 0.717) is 51.5 Å². The predicted octanol–water partition coefficient (Wildman–Crippen LogP) is 7.60. The van der Waals surface area contributed by atoms with E-state index in [2.05, 4.69) is 10.4 Å². The molecule has 12 nitrogen and oxygen atoms in total. The standard InChI is InChI=1S/C42H40F2N6O6S2/c1-24(9-14-58(4,52)53)47-42(51)50-10-7-33-28(22-50)15-27(20-45-33)39-38-37-32(44)17-29(43)18-36(37)56-25(2)23-54-11-5-6-12-55-35-19-34-26(21-46-49(34)3)16-31(35)40(48-39)30-8-13-57-41(30)38/h5-6,8-9,13-21,24-25H,7,10-12,22-23H2,1-4H3,(H,47,51)/b6-5+,14-9-/t24-,25+/m1/s1. The van der Waals surface area contributed by atoms with Crippen molar-refractivity contribution in [3.63, 3.8) is 0 Å². The number of aryl methyl sites for hydroxylation is 1. The van der Waals surface area contributed by atoms with Crippen LogP contribution in [-0.2, 0) is 34.6 Å². The van der Waals surface area contributed by atoms with E-state index < -0.39 is 33.6 Å². The zero-order valence-electron chi connectivity index (χ0n) is 32.2. The number of hydrogen-bond acceptors (Lipinski definition) is 10. The number of carbonyl (C=O) groups is 1. The molecule has 2 amide bonds. The highest BCUT2D eigenvalue weighted by Crippen LogP contribution is 2.49. The van der Waals surface area contributed by atoms with Crippen molar-refractivity contribution in [3.05, 3.63) is 101 Å². The van der Waals surface area contributed by atoms with Crippen molar-refractivity contribution >= 4 is 48.2 Å². The number of halogens is 2. The van der Waals surface area contributed by atoms with Gasteiger partial charge in [0.25, 0.3) is 0 Å². The third-order valence-corrected chi connectivity index (χ3v) is 11.5. The molecule has 0 radical (unpaired) electrons. The van der Waals surface area contributed by atoms with Crippen LogP contribution < -0.4 is 14.8 Å². The van der Waals surface area contributed by atoms with Gasteiger partial charge in [-0.25, -0.2) is 27.0 Å². The highest BCUT2D eigenvalue weighted by atomic mass is 32.2. The normalized spacial score (nSPS) is 17.3.